The van der Waals surface area contributed by atoms with Crippen LogP contribution in [0.25, 0.3) is 11.8 Å². The molecule has 0 fully saturated rings. The van der Waals surface area contributed by atoms with Gasteiger partial charge in [-0.25, -0.2) is 9.79 Å². The van der Waals surface area contributed by atoms with Gasteiger partial charge < -0.3 is 9.47 Å². The average molecular weight is 559 g/mol. The zero-order valence-electron chi connectivity index (χ0n) is 21.8. The molecule has 0 amide bonds. The quantitative estimate of drug-likeness (QED) is 0.286. The Morgan fingerprint density at radius 2 is 1.82 bits per heavy atom. The molecule has 0 radical (unpaired) electrons. The predicted octanol–water partition coefficient (Wildman–Crippen LogP) is 5.38. The summed E-state index contributed by atoms with van der Waals surface area (Å²) in [6.07, 6.45) is 1.86. The molecule has 0 saturated heterocycles. The molecule has 5 rings (SSSR count). The van der Waals surface area contributed by atoms with Gasteiger partial charge in [-0.15, -0.1) is 0 Å². The SMILES string of the molecule is CCOC(=O)C1=C(c2ccccc2)N=c2s/c(=C\c3cccc(OC(C)C)c3)c(=O)n2[C@H]1c1ccc(Cl)cc1. The molecule has 39 heavy (non-hydrogen) atoms. The molecule has 0 bridgehead atoms. The van der Waals surface area contributed by atoms with E-state index in [1.54, 1.807) is 23.6 Å². The van der Waals surface area contributed by atoms with Crippen molar-refractivity contribution in [2.75, 3.05) is 6.61 Å². The van der Waals surface area contributed by atoms with Crippen LogP contribution < -0.4 is 19.6 Å². The van der Waals surface area contributed by atoms with E-state index >= 15 is 0 Å². The number of nitrogens with zero attached hydrogens (tertiary/aromatic N) is 2. The van der Waals surface area contributed by atoms with Crippen LogP contribution in [0.1, 0.15) is 43.5 Å². The van der Waals surface area contributed by atoms with Gasteiger partial charge in [0.1, 0.15) is 5.75 Å². The molecule has 6 nitrogen and oxygen atoms in total. The number of benzene rings is 3. The highest BCUT2D eigenvalue weighted by atomic mass is 35.5. The molecule has 0 saturated carbocycles. The highest BCUT2D eigenvalue weighted by Crippen LogP contribution is 2.35. The van der Waals surface area contributed by atoms with E-state index in [0.717, 1.165) is 22.4 Å². The molecule has 1 aliphatic heterocycles. The minimum atomic E-state index is -0.745. The predicted molar refractivity (Wildman–Crippen MR) is 155 cm³/mol. The van der Waals surface area contributed by atoms with Gasteiger partial charge in [-0.2, -0.15) is 0 Å². The fourth-order valence-corrected chi connectivity index (χ4v) is 5.63. The number of fused-ring (bicyclic) bond motifs is 1. The van der Waals surface area contributed by atoms with E-state index in [1.807, 2.05) is 86.7 Å². The van der Waals surface area contributed by atoms with Crippen molar-refractivity contribution >= 4 is 40.7 Å². The Hall–Kier alpha value is -3.94. The number of thiazole rings is 1. The lowest BCUT2D eigenvalue weighted by Crippen LogP contribution is -2.40. The molecule has 0 aliphatic carbocycles. The standard InChI is InChI=1S/C31H27ClN2O4S/c1-4-37-30(36)26-27(21-10-6-5-7-11-21)33-31-34(28(26)22-13-15-23(32)16-14-22)29(35)25(39-31)18-20-9-8-12-24(17-20)38-19(2)3/h5-19,28H,4H2,1-3H3/b25-18-/t28-/m0/s1. The number of aromatic nitrogens is 1. The van der Waals surface area contributed by atoms with Crippen molar-refractivity contribution in [2.45, 2.75) is 32.9 Å². The molecule has 1 atom stereocenters. The van der Waals surface area contributed by atoms with Crippen molar-refractivity contribution in [1.29, 1.82) is 0 Å². The highest BCUT2D eigenvalue weighted by Gasteiger charge is 2.35. The van der Waals surface area contributed by atoms with E-state index in [-0.39, 0.29) is 18.3 Å². The smallest absolute Gasteiger partial charge is 0.338 e. The zero-order valence-corrected chi connectivity index (χ0v) is 23.3. The Morgan fingerprint density at radius 1 is 1.08 bits per heavy atom. The van der Waals surface area contributed by atoms with E-state index in [4.69, 9.17) is 26.1 Å². The molecule has 198 valence electrons. The van der Waals surface area contributed by atoms with E-state index in [9.17, 15) is 9.59 Å². The first-order chi connectivity index (χ1) is 18.9. The number of hydrogen-bond acceptors (Lipinski definition) is 6. The van der Waals surface area contributed by atoms with Crippen molar-refractivity contribution < 1.29 is 14.3 Å². The second-order valence-electron chi connectivity index (χ2n) is 9.22. The van der Waals surface area contributed by atoms with Gasteiger partial charge >= 0.3 is 5.97 Å². The summed E-state index contributed by atoms with van der Waals surface area (Å²) in [5.41, 5.74) is 2.85. The van der Waals surface area contributed by atoms with Crippen LogP contribution in [0.2, 0.25) is 5.02 Å². The van der Waals surface area contributed by atoms with Gasteiger partial charge in [-0.05, 0) is 62.2 Å². The Balaban J connectivity index is 1.77. The summed E-state index contributed by atoms with van der Waals surface area (Å²) >= 11 is 7.47. The van der Waals surface area contributed by atoms with E-state index in [0.29, 0.717) is 25.6 Å². The normalized spacial score (nSPS) is 15.2. The van der Waals surface area contributed by atoms with Gasteiger partial charge in [0, 0.05) is 10.6 Å². The van der Waals surface area contributed by atoms with Gasteiger partial charge in [0.2, 0.25) is 0 Å². The molecule has 1 aliphatic rings. The number of carbonyl (C=O) groups excluding carboxylic acids is 1. The van der Waals surface area contributed by atoms with Crippen LogP contribution in [-0.2, 0) is 9.53 Å². The Labute approximate surface area is 235 Å². The van der Waals surface area contributed by atoms with Crippen LogP contribution in [-0.4, -0.2) is 23.2 Å². The van der Waals surface area contributed by atoms with Crippen LogP contribution in [0.5, 0.6) is 5.75 Å². The molecule has 0 spiro atoms. The molecule has 4 aromatic rings. The molecule has 0 unspecified atom stereocenters. The Bertz CT molecular complexity index is 1720. The maximum atomic E-state index is 14.0. The van der Waals surface area contributed by atoms with Crippen molar-refractivity contribution in [3.8, 4) is 5.75 Å². The zero-order chi connectivity index (χ0) is 27.5. The van der Waals surface area contributed by atoms with E-state index in [2.05, 4.69) is 0 Å². The first-order valence-corrected chi connectivity index (χ1v) is 13.9. The second kappa shape index (κ2) is 11.4. The van der Waals surface area contributed by atoms with Crippen molar-refractivity contribution in [2.24, 2.45) is 4.99 Å². The third-order valence-corrected chi connectivity index (χ3v) is 7.32. The van der Waals surface area contributed by atoms with Gasteiger partial charge in [0.25, 0.3) is 5.56 Å². The number of halogens is 1. The van der Waals surface area contributed by atoms with Crippen LogP contribution in [0.3, 0.4) is 0 Å². The monoisotopic (exact) mass is 558 g/mol. The molecule has 2 heterocycles. The first kappa shape index (κ1) is 26.7. The molecular weight excluding hydrogens is 532 g/mol. The lowest BCUT2D eigenvalue weighted by Gasteiger charge is -2.25. The van der Waals surface area contributed by atoms with Crippen LogP contribution >= 0.6 is 22.9 Å². The second-order valence-corrected chi connectivity index (χ2v) is 10.7. The maximum Gasteiger partial charge on any atom is 0.338 e. The molecular formula is C31H27ClN2O4S. The molecule has 8 heteroatoms. The van der Waals surface area contributed by atoms with Crippen molar-refractivity contribution in [3.05, 3.63) is 126 Å². The minimum absolute atomic E-state index is 0.0302. The number of ether oxygens (including phenoxy) is 2. The van der Waals surface area contributed by atoms with Gasteiger partial charge in [-0.1, -0.05) is 77.5 Å². The lowest BCUT2D eigenvalue weighted by atomic mass is 9.93. The van der Waals surface area contributed by atoms with E-state index in [1.165, 1.54) is 11.3 Å². The first-order valence-electron chi connectivity index (χ1n) is 12.7. The summed E-state index contributed by atoms with van der Waals surface area (Å²) in [5, 5.41) is 0.555. The van der Waals surface area contributed by atoms with Gasteiger partial charge in [0.05, 0.1) is 34.6 Å². The van der Waals surface area contributed by atoms with Crippen molar-refractivity contribution in [3.63, 3.8) is 0 Å². The summed E-state index contributed by atoms with van der Waals surface area (Å²) in [4.78, 5) is 32.8. The summed E-state index contributed by atoms with van der Waals surface area (Å²) < 4.78 is 13.4. The van der Waals surface area contributed by atoms with Crippen LogP contribution in [0, 0.1) is 0 Å². The molecule has 3 aromatic carbocycles. The third-order valence-electron chi connectivity index (χ3n) is 6.09. The summed E-state index contributed by atoms with van der Waals surface area (Å²) in [6.45, 7) is 5.88. The van der Waals surface area contributed by atoms with Crippen molar-refractivity contribution in [1.82, 2.24) is 4.57 Å². The summed E-state index contributed by atoms with van der Waals surface area (Å²) in [7, 11) is 0. The highest BCUT2D eigenvalue weighted by molar-refractivity contribution is 7.07. The number of esters is 1. The fourth-order valence-electron chi connectivity index (χ4n) is 4.50. The third kappa shape index (κ3) is 5.60. The number of rotatable bonds is 7. The number of carbonyl (C=O) groups is 1. The molecule has 1 aromatic heterocycles. The largest absolute Gasteiger partial charge is 0.491 e. The Morgan fingerprint density at radius 3 is 2.51 bits per heavy atom. The molecule has 0 N–H and O–H groups in total. The van der Waals surface area contributed by atoms with Gasteiger partial charge in [-0.3, -0.25) is 9.36 Å². The van der Waals surface area contributed by atoms with Crippen LogP contribution in [0.15, 0.2) is 94.2 Å². The lowest BCUT2D eigenvalue weighted by molar-refractivity contribution is -0.138. The van der Waals surface area contributed by atoms with Gasteiger partial charge in [0.15, 0.2) is 4.80 Å². The summed E-state index contributed by atoms with van der Waals surface area (Å²) in [5.74, 6) is 0.203. The fraction of sp³-hybridized carbons (Fsp3) is 0.194. The Kier molecular flexibility index (Phi) is 7.82. The minimum Gasteiger partial charge on any atom is -0.491 e. The average Bonchev–Trinajstić information content (AvgIpc) is 3.23. The topological polar surface area (TPSA) is 69.9 Å². The van der Waals surface area contributed by atoms with E-state index < -0.39 is 12.0 Å². The summed E-state index contributed by atoms with van der Waals surface area (Å²) in [6, 6.07) is 23.5. The maximum absolute atomic E-state index is 14.0. The number of hydrogen-bond donors (Lipinski definition) is 0. The van der Waals surface area contributed by atoms with Crippen LogP contribution in [0.4, 0.5) is 0 Å².